The molecule has 4 heteroatoms. The molecule has 2 saturated carbocycles. The largest absolute Gasteiger partial charge is 0.460 e. The molecule has 0 unspecified atom stereocenters. The van der Waals surface area contributed by atoms with E-state index in [0.717, 1.165) is 12.8 Å². The molecule has 3 rings (SSSR count). The predicted molar refractivity (Wildman–Crippen MR) is 101 cm³/mol. The Morgan fingerprint density at radius 3 is 2.73 bits per heavy atom. The third kappa shape index (κ3) is 2.45. The lowest BCUT2D eigenvalue weighted by molar-refractivity contribution is -0.171. The number of aliphatic hydroxyl groups is 2. The van der Waals surface area contributed by atoms with Crippen LogP contribution < -0.4 is 0 Å². The molecule has 3 aliphatic carbocycles. The Hall–Kier alpha value is -1.39. The van der Waals surface area contributed by atoms with E-state index in [0.29, 0.717) is 12.3 Å². The molecule has 3 aliphatic rings. The predicted octanol–water partition coefficient (Wildman–Crippen LogP) is 3.40. The van der Waals surface area contributed by atoms with Gasteiger partial charge in [-0.05, 0) is 36.7 Å². The summed E-state index contributed by atoms with van der Waals surface area (Å²) in [5, 5.41) is 20.6. The van der Waals surface area contributed by atoms with Crippen molar-refractivity contribution >= 4 is 5.97 Å². The fourth-order valence-electron chi connectivity index (χ4n) is 5.75. The van der Waals surface area contributed by atoms with Gasteiger partial charge in [-0.15, -0.1) is 6.58 Å². The van der Waals surface area contributed by atoms with Crippen molar-refractivity contribution in [2.75, 3.05) is 6.61 Å². The van der Waals surface area contributed by atoms with Crippen molar-refractivity contribution in [3.63, 3.8) is 0 Å². The van der Waals surface area contributed by atoms with Crippen molar-refractivity contribution in [1.29, 1.82) is 0 Å². The number of allylic oxidation sites excluding steroid dienone is 3. The van der Waals surface area contributed by atoms with Gasteiger partial charge in [0.1, 0.15) is 12.7 Å². The van der Waals surface area contributed by atoms with E-state index in [9.17, 15) is 15.0 Å². The van der Waals surface area contributed by atoms with Gasteiger partial charge < -0.3 is 14.9 Å². The van der Waals surface area contributed by atoms with Crippen LogP contribution in [0.5, 0.6) is 0 Å². The van der Waals surface area contributed by atoms with Crippen LogP contribution in [0.4, 0.5) is 0 Å². The molecule has 2 N–H and O–H groups in total. The molecule has 0 amide bonds. The smallest absolute Gasteiger partial charge is 0.332 e. The minimum Gasteiger partial charge on any atom is -0.460 e. The Balaban J connectivity index is 2.19. The number of rotatable bonds is 3. The lowest BCUT2D eigenvalue weighted by Gasteiger charge is -2.59. The summed E-state index contributed by atoms with van der Waals surface area (Å²) in [6.07, 6.45) is 9.76. The van der Waals surface area contributed by atoms with Gasteiger partial charge in [0.25, 0.3) is 0 Å². The van der Waals surface area contributed by atoms with Gasteiger partial charge >= 0.3 is 5.97 Å². The van der Waals surface area contributed by atoms with Crippen LogP contribution in [0, 0.1) is 28.1 Å². The van der Waals surface area contributed by atoms with Crippen molar-refractivity contribution in [1.82, 2.24) is 0 Å². The SMILES string of the molecule is C=C[C@]1(C)C[C@@H](OC(=O)CO)[C@@]2(C)C3=CC=C[C@@]3(CC[C@H]2C)[C@@H](C)[C@@H]1O. The van der Waals surface area contributed by atoms with Crippen molar-refractivity contribution in [2.45, 2.75) is 59.2 Å². The Labute approximate surface area is 156 Å². The fourth-order valence-corrected chi connectivity index (χ4v) is 5.75. The first-order chi connectivity index (χ1) is 12.2. The second-order valence-electron chi connectivity index (χ2n) is 8.99. The molecule has 144 valence electrons. The van der Waals surface area contributed by atoms with Crippen LogP contribution in [0.1, 0.15) is 47.0 Å². The molecule has 0 aromatic carbocycles. The molecule has 7 atom stereocenters. The molecule has 26 heavy (non-hydrogen) atoms. The highest BCUT2D eigenvalue weighted by atomic mass is 16.6. The molecule has 0 saturated heterocycles. The van der Waals surface area contributed by atoms with E-state index in [1.54, 1.807) is 0 Å². The van der Waals surface area contributed by atoms with Crippen molar-refractivity contribution in [2.24, 2.45) is 28.1 Å². The third-order valence-electron chi connectivity index (χ3n) is 7.88. The Kier molecular flexibility index (Phi) is 4.73. The second-order valence-corrected chi connectivity index (χ2v) is 8.99. The van der Waals surface area contributed by atoms with Gasteiger partial charge in [0.05, 0.1) is 6.10 Å². The van der Waals surface area contributed by atoms with Crippen LogP contribution in [0.3, 0.4) is 0 Å². The molecule has 0 spiro atoms. The summed E-state index contributed by atoms with van der Waals surface area (Å²) in [7, 11) is 0. The van der Waals surface area contributed by atoms with E-state index >= 15 is 0 Å². The highest BCUT2D eigenvalue weighted by Crippen LogP contribution is 2.65. The Morgan fingerprint density at radius 2 is 2.12 bits per heavy atom. The van der Waals surface area contributed by atoms with Gasteiger partial charge in [-0.3, -0.25) is 0 Å². The second kappa shape index (κ2) is 6.35. The standard InChI is InChI=1S/C22H32O4/c1-6-20(4)12-17(26-18(24)13-23)21(5)14(2)9-11-22(15(3)19(20)25)10-7-8-16(21)22/h6-8,10,14-15,17,19,23,25H,1,9,11-13H2,2-5H3/t14-,15+,17-,19+,20-,21-,22-/m1/s1. The fraction of sp³-hybridized carbons (Fsp3) is 0.682. The van der Waals surface area contributed by atoms with Gasteiger partial charge in [0, 0.05) is 16.2 Å². The number of hydrogen-bond donors (Lipinski definition) is 2. The maximum atomic E-state index is 12.0. The van der Waals surface area contributed by atoms with E-state index in [1.165, 1.54) is 5.57 Å². The average molecular weight is 360 g/mol. The monoisotopic (exact) mass is 360 g/mol. The zero-order valence-corrected chi connectivity index (χ0v) is 16.4. The molecular formula is C22H32O4. The molecular weight excluding hydrogens is 328 g/mol. The number of carbonyl (C=O) groups excluding carboxylic acids is 1. The molecule has 0 aliphatic heterocycles. The molecule has 2 fully saturated rings. The number of hydrogen-bond acceptors (Lipinski definition) is 4. The van der Waals surface area contributed by atoms with E-state index in [-0.39, 0.29) is 16.7 Å². The Bertz CT molecular complexity index is 665. The Morgan fingerprint density at radius 1 is 1.42 bits per heavy atom. The van der Waals surface area contributed by atoms with Crippen LogP contribution in [-0.2, 0) is 9.53 Å². The third-order valence-corrected chi connectivity index (χ3v) is 7.88. The summed E-state index contributed by atoms with van der Waals surface area (Å²) in [5.41, 5.74) is 0.130. The molecule has 0 heterocycles. The quantitative estimate of drug-likeness (QED) is 0.598. The van der Waals surface area contributed by atoms with E-state index in [1.807, 2.05) is 13.0 Å². The first-order valence-electron chi connectivity index (χ1n) is 9.68. The number of aliphatic hydroxyl groups excluding tert-OH is 2. The van der Waals surface area contributed by atoms with Gasteiger partial charge in [-0.2, -0.15) is 0 Å². The number of ether oxygens (including phenoxy) is 1. The van der Waals surface area contributed by atoms with Crippen LogP contribution >= 0.6 is 0 Å². The van der Waals surface area contributed by atoms with Crippen molar-refractivity contribution < 1.29 is 19.7 Å². The summed E-state index contributed by atoms with van der Waals surface area (Å²) >= 11 is 0. The summed E-state index contributed by atoms with van der Waals surface area (Å²) in [4.78, 5) is 12.0. The number of carbonyl (C=O) groups is 1. The molecule has 0 aromatic rings. The molecule has 0 aromatic heterocycles. The first-order valence-corrected chi connectivity index (χ1v) is 9.68. The summed E-state index contributed by atoms with van der Waals surface area (Å²) in [6, 6.07) is 0. The molecule has 2 bridgehead atoms. The van der Waals surface area contributed by atoms with Crippen LogP contribution in [-0.4, -0.2) is 35.0 Å². The lowest BCUT2D eigenvalue weighted by atomic mass is 9.46. The minimum absolute atomic E-state index is 0.0387. The van der Waals surface area contributed by atoms with E-state index in [2.05, 4.69) is 45.6 Å². The van der Waals surface area contributed by atoms with Crippen LogP contribution in [0.2, 0.25) is 0 Å². The summed E-state index contributed by atoms with van der Waals surface area (Å²) in [6.45, 7) is 11.9. The van der Waals surface area contributed by atoms with Gasteiger partial charge in [-0.25, -0.2) is 4.79 Å². The maximum Gasteiger partial charge on any atom is 0.332 e. The van der Waals surface area contributed by atoms with Gasteiger partial charge in [-0.1, -0.05) is 52.0 Å². The first kappa shape index (κ1) is 19.4. The van der Waals surface area contributed by atoms with Crippen LogP contribution in [0.25, 0.3) is 0 Å². The zero-order valence-electron chi connectivity index (χ0n) is 16.4. The van der Waals surface area contributed by atoms with Crippen molar-refractivity contribution in [3.8, 4) is 0 Å². The highest BCUT2D eigenvalue weighted by molar-refractivity contribution is 5.70. The van der Waals surface area contributed by atoms with Gasteiger partial charge in [0.2, 0.25) is 0 Å². The topological polar surface area (TPSA) is 66.8 Å². The van der Waals surface area contributed by atoms with E-state index in [4.69, 9.17) is 4.74 Å². The average Bonchev–Trinajstić information content (AvgIpc) is 3.08. The lowest BCUT2D eigenvalue weighted by Crippen LogP contribution is -2.58. The van der Waals surface area contributed by atoms with E-state index < -0.39 is 30.2 Å². The zero-order chi connectivity index (χ0) is 19.3. The summed E-state index contributed by atoms with van der Waals surface area (Å²) < 4.78 is 5.80. The maximum absolute atomic E-state index is 12.0. The minimum atomic E-state index is -0.632. The van der Waals surface area contributed by atoms with Crippen molar-refractivity contribution in [3.05, 3.63) is 36.5 Å². The van der Waals surface area contributed by atoms with Crippen LogP contribution in [0.15, 0.2) is 36.5 Å². The summed E-state index contributed by atoms with van der Waals surface area (Å²) in [5.74, 6) is -0.243. The molecule has 4 nitrogen and oxygen atoms in total. The highest BCUT2D eigenvalue weighted by Gasteiger charge is 2.61. The van der Waals surface area contributed by atoms with Gasteiger partial charge in [0.15, 0.2) is 0 Å². The molecule has 0 radical (unpaired) electrons. The number of esters is 1. The normalized spacial score (nSPS) is 47.4.